The van der Waals surface area contributed by atoms with Gasteiger partial charge in [-0.25, -0.2) is 0 Å². The van der Waals surface area contributed by atoms with Crippen molar-refractivity contribution in [3.05, 3.63) is 47.0 Å². The van der Waals surface area contributed by atoms with E-state index in [-0.39, 0.29) is 10.8 Å². The second-order valence-electron chi connectivity index (χ2n) is 11.6. The molecule has 1 aromatic carbocycles. The van der Waals surface area contributed by atoms with Gasteiger partial charge in [0.2, 0.25) is 0 Å². The normalized spacial score (nSPS) is 42.3. The van der Waals surface area contributed by atoms with Crippen LogP contribution in [-0.2, 0) is 20.7 Å². The van der Waals surface area contributed by atoms with Crippen LogP contribution >= 0.6 is 0 Å². The average Bonchev–Trinajstić information content (AvgIpc) is 3.34. The highest BCUT2D eigenvalue weighted by Gasteiger charge is 2.66. The number of aliphatic hydroxyl groups is 1. The van der Waals surface area contributed by atoms with Gasteiger partial charge in [0.1, 0.15) is 5.78 Å². The van der Waals surface area contributed by atoms with E-state index >= 15 is 0 Å². The molecule has 0 radical (unpaired) electrons. The van der Waals surface area contributed by atoms with Crippen molar-refractivity contribution in [1.29, 1.82) is 0 Å². The standard InChI is InChI=1S/C28H36O4/c1-19-3-5-20(6-4-19)17-26-13-14-28(31-15-16-32-28)18-27(26,30)12-9-21-22-7-8-24(29)25(22,2)11-10-23(21)26/h3-6,10,21-22,30H,7-9,11-18H2,1-2H3/t21-,22-,25-,26-,27+/m0/s1. The molecule has 1 saturated heterocycles. The van der Waals surface area contributed by atoms with E-state index in [9.17, 15) is 9.90 Å². The highest BCUT2D eigenvalue weighted by atomic mass is 16.7. The third-order valence-electron chi connectivity index (χ3n) is 10.0. The van der Waals surface area contributed by atoms with Gasteiger partial charge in [-0.15, -0.1) is 0 Å². The molecular formula is C28H36O4. The van der Waals surface area contributed by atoms with Crippen molar-refractivity contribution in [1.82, 2.24) is 0 Å². The van der Waals surface area contributed by atoms with Crippen molar-refractivity contribution in [2.45, 2.75) is 83.0 Å². The Labute approximate surface area is 191 Å². The van der Waals surface area contributed by atoms with E-state index < -0.39 is 11.4 Å². The third-order valence-corrected chi connectivity index (χ3v) is 10.0. The molecule has 172 valence electrons. The maximum atomic E-state index is 12.8. The fourth-order valence-corrected chi connectivity index (χ4v) is 8.23. The minimum Gasteiger partial charge on any atom is -0.389 e. The zero-order valence-corrected chi connectivity index (χ0v) is 19.5. The van der Waals surface area contributed by atoms with Crippen molar-refractivity contribution in [3.8, 4) is 0 Å². The fraction of sp³-hybridized carbons (Fsp3) is 0.679. The minimum atomic E-state index is -0.848. The number of rotatable bonds is 2. The van der Waals surface area contributed by atoms with Crippen LogP contribution in [-0.4, -0.2) is 35.5 Å². The molecule has 32 heavy (non-hydrogen) atoms. The zero-order valence-electron chi connectivity index (χ0n) is 19.5. The summed E-state index contributed by atoms with van der Waals surface area (Å²) in [6.45, 7) is 5.56. The molecule has 0 unspecified atom stereocenters. The number of ether oxygens (including phenoxy) is 2. The van der Waals surface area contributed by atoms with Gasteiger partial charge in [0.05, 0.1) is 18.8 Å². The second kappa shape index (κ2) is 7.01. The first-order chi connectivity index (χ1) is 15.3. The third kappa shape index (κ3) is 2.82. The molecule has 3 saturated carbocycles. The van der Waals surface area contributed by atoms with E-state index in [1.54, 1.807) is 0 Å². The monoisotopic (exact) mass is 436 g/mol. The average molecular weight is 437 g/mol. The molecule has 4 heteroatoms. The molecule has 6 rings (SSSR count). The molecule has 0 bridgehead atoms. The van der Waals surface area contributed by atoms with E-state index in [1.165, 1.54) is 16.7 Å². The lowest BCUT2D eigenvalue weighted by Crippen LogP contribution is -2.64. The summed E-state index contributed by atoms with van der Waals surface area (Å²) in [5.41, 5.74) is 2.63. The van der Waals surface area contributed by atoms with E-state index in [1.807, 2.05) is 0 Å². The summed E-state index contributed by atoms with van der Waals surface area (Å²) >= 11 is 0. The Bertz CT molecular complexity index is 958. The first kappa shape index (κ1) is 21.1. The Morgan fingerprint density at radius 3 is 2.56 bits per heavy atom. The van der Waals surface area contributed by atoms with Crippen molar-refractivity contribution in [2.75, 3.05) is 13.2 Å². The van der Waals surface area contributed by atoms with Crippen LogP contribution in [0.15, 0.2) is 35.9 Å². The topological polar surface area (TPSA) is 55.8 Å². The molecule has 5 atom stereocenters. The highest BCUT2D eigenvalue weighted by Crippen LogP contribution is 2.67. The van der Waals surface area contributed by atoms with E-state index in [0.29, 0.717) is 37.3 Å². The Balaban J connectivity index is 1.45. The first-order valence-electron chi connectivity index (χ1n) is 12.6. The number of hydrogen-bond donors (Lipinski definition) is 1. The van der Waals surface area contributed by atoms with Gasteiger partial charge in [0, 0.05) is 30.1 Å². The number of carbonyl (C=O) groups excluding carboxylic acids is 1. The van der Waals surface area contributed by atoms with Gasteiger partial charge in [0.25, 0.3) is 0 Å². The summed E-state index contributed by atoms with van der Waals surface area (Å²) in [5, 5.41) is 12.4. The second-order valence-corrected chi connectivity index (χ2v) is 11.6. The number of aryl methyl sites for hydroxylation is 1. The van der Waals surface area contributed by atoms with E-state index in [4.69, 9.17) is 9.47 Å². The predicted octanol–water partition coefficient (Wildman–Crippen LogP) is 4.91. The summed E-state index contributed by atoms with van der Waals surface area (Å²) in [7, 11) is 0. The SMILES string of the molecule is Cc1ccc(C[C@]23CCC4(C[C@]2(O)CC[C@@H]2C3=CC[C@]3(C)C(=O)CC[C@@H]23)OCCO4)cc1. The van der Waals surface area contributed by atoms with Crippen LogP contribution in [0.1, 0.15) is 69.4 Å². The summed E-state index contributed by atoms with van der Waals surface area (Å²) in [5.74, 6) is 0.655. The number of hydrogen-bond acceptors (Lipinski definition) is 4. The number of allylic oxidation sites excluding steroid dienone is 1. The Kier molecular flexibility index (Phi) is 4.61. The fourth-order valence-electron chi connectivity index (χ4n) is 8.23. The smallest absolute Gasteiger partial charge is 0.171 e. The van der Waals surface area contributed by atoms with E-state index in [2.05, 4.69) is 44.2 Å². The maximum Gasteiger partial charge on any atom is 0.171 e. The van der Waals surface area contributed by atoms with E-state index in [0.717, 1.165) is 51.4 Å². The highest BCUT2D eigenvalue weighted by molar-refractivity contribution is 5.87. The number of fused-ring (bicyclic) bond motifs is 5. The molecule has 4 nitrogen and oxygen atoms in total. The summed E-state index contributed by atoms with van der Waals surface area (Å²) in [6, 6.07) is 8.82. The summed E-state index contributed by atoms with van der Waals surface area (Å²) < 4.78 is 12.2. The lowest BCUT2D eigenvalue weighted by molar-refractivity contribution is -0.258. The molecule has 0 amide bonds. The summed E-state index contributed by atoms with van der Waals surface area (Å²) in [6.07, 6.45) is 9.76. The van der Waals surface area contributed by atoms with Crippen LogP contribution in [0.25, 0.3) is 0 Å². The number of Topliss-reactive ketones (excluding diaryl/α,β-unsaturated/α-hetero) is 1. The Hall–Kier alpha value is -1.49. The molecule has 1 heterocycles. The predicted molar refractivity (Wildman–Crippen MR) is 122 cm³/mol. The van der Waals surface area contributed by atoms with Crippen LogP contribution in [0.3, 0.4) is 0 Å². The number of carbonyl (C=O) groups is 1. The van der Waals surface area contributed by atoms with Crippen LogP contribution < -0.4 is 0 Å². The lowest BCUT2D eigenvalue weighted by Gasteiger charge is -2.62. The van der Waals surface area contributed by atoms with Gasteiger partial charge in [-0.05, 0) is 62.8 Å². The van der Waals surface area contributed by atoms with Crippen molar-refractivity contribution < 1.29 is 19.4 Å². The molecule has 1 aliphatic heterocycles. The van der Waals surface area contributed by atoms with Crippen molar-refractivity contribution in [3.63, 3.8) is 0 Å². The lowest BCUT2D eigenvalue weighted by atomic mass is 9.45. The van der Waals surface area contributed by atoms with Gasteiger partial charge in [0.15, 0.2) is 5.79 Å². The number of benzene rings is 1. The molecule has 1 aromatic rings. The summed E-state index contributed by atoms with van der Waals surface area (Å²) in [4.78, 5) is 12.8. The van der Waals surface area contributed by atoms with Crippen LogP contribution in [0, 0.1) is 29.6 Å². The van der Waals surface area contributed by atoms with Crippen LogP contribution in [0.5, 0.6) is 0 Å². The Morgan fingerprint density at radius 1 is 1.06 bits per heavy atom. The van der Waals surface area contributed by atoms with Gasteiger partial charge >= 0.3 is 0 Å². The molecule has 1 N–H and O–H groups in total. The largest absolute Gasteiger partial charge is 0.389 e. The van der Waals surface area contributed by atoms with Crippen LogP contribution in [0.2, 0.25) is 0 Å². The zero-order chi connectivity index (χ0) is 22.2. The molecular weight excluding hydrogens is 400 g/mol. The van der Waals surface area contributed by atoms with Gasteiger partial charge in [-0.2, -0.15) is 0 Å². The molecule has 5 aliphatic rings. The van der Waals surface area contributed by atoms with Crippen molar-refractivity contribution in [2.24, 2.45) is 22.7 Å². The molecule has 1 spiro atoms. The molecule has 4 aliphatic carbocycles. The first-order valence-corrected chi connectivity index (χ1v) is 12.6. The molecule has 4 fully saturated rings. The Morgan fingerprint density at radius 2 is 1.81 bits per heavy atom. The van der Waals surface area contributed by atoms with Crippen LogP contribution in [0.4, 0.5) is 0 Å². The quantitative estimate of drug-likeness (QED) is 0.670. The van der Waals surface area contributed by atoms with Gasteiger partial charge in [-0.3, -0.25) is 4.79 Å². The maximum absolute atomic E-state index is 12.8. The number of ketones is 1. The minimum absolute atomic E-state index is 0.206. The molecule has 0 aromatic heterocycles. The van der Waals surface area contributed by atoms with Gasteiger partial charge in [-0.1, -0.05) is 48.4 Å². The van der Waals surface area contributed by atoms with Crippen molar-refractivity contribution >= 4 is 5.78 Å². The van der Waals surface area contributed by atoms with Gasteiger partial charge < -0.3 is 14.6 Å².